The molecule has 0 spiro atoms. The number of hydrogen-bond acceptors (Lipinski definition) is 9. The zero-order valence-corrected chi connectivity index (χ0v) is 18.6. The van der Waals surface area contributed by atoms with Gasteiger partial charge in [-0.2, -0.15) is 0 Å². The lowest BCUT2D eigenvalue weighted by molar-refractivity contribution is -0.385. The van der Waals surface area contributed by atoms with Gasteiger partial charge < -0.3 is 26.8 Å². The average Bonchev–Trinajstić information content (AvgIpc) is 2.81. The first kappa shape index (κ1) is 28.4. The number of nitro benzene ring substituents is 1. The van der Waals surface area contributed by atoms with Crippen molar-refractivity contribution in [3.63, 3.8) is 0 Å². The Labute approximate surface area is 198 Å². The van der Waals surface area contributed by atoms with E-state index in [4.69, 9.17) is 5.73 Å². The fourth-order valence-electron chi connectivity index (χ4n) is 2.66. The van der Waals surface area contributed by atoms with Crippen LogP contribution >= 0.6 is 0 Å². The topological polar surface area (TPSA) is 231 Å². The van der Waals surface area contributed by atoms with E-state index < -0.39 is 77.4 Å². The number of imide groups is 1. The summed E-state index contributed by atoms with van der Waals surface area (Å²) >= 11 is 0. The van der Waals surface area contributed by atoms with E-state index in [1.165, 1.54) is 19.1 Å². The van der Waals surface area contributed by atoms with Gasteiger partial charge in [-0.05, 0) is 13.0 Å². The van der Waals surface area contributed by atoms with Crippen molar-refractivity contribution in [3.05, 3.63) is 52.1 Å². The van der Waals surface area contributed by atoms with Crippen molar-refractivity contribution >= 4 is 41.2 Å². The van der Waals surface area contributed by atoms with Crippen LogP contribution in [0, 0.1) is 10.1 Å². The van der Waals surface area contributed by atoms with Crippen molar-refractivity contribution in [3.8, 4) is 0 Å². The van der Waals surface area contributed by atoms with Crippen LogP contribution in [0.2, 0.25) is 0 Å². The van der Waals surface area contributed by atoms with Gasteiger partial charge in [0.25, 0.3) is 11.6 Å². The maximum absolute atomic E-state index is 12.8. The van der Waals surface area contributed by atoms with E-state index in [2.05, 4.69) is 22.5 Å². The third-order valence-corrected chi connectivity index (χ3v) is 4.29. The number of nitrogens with zero attached hydrogens (tertiary/aromatic N) is 2. The number of amides is 5. The molecule has 0 radical (unpaired) electrons. The Bertz CT molecular complexity index is 1060. The Hall–Kier alpha value is -4.66. The lowest BCUT2D eigenvalue weighted by Gasteiger charge is -2.27. The van der Waals surface area contributed by atoms with E-state index in [0.29, 0.717) is 0 Å². The monoisotopic (exact) mass is 492 g/mol. The van der Waals surface area contributed by atoms with E-state index in [1.54, 1.807) is 0 Å². The number of benzene rings is 1. The van der Waals surface area contributed by atoms with E-state index in [1.807, 2.05) is 0 Å². The molecule has 0 aromatic heterocycles. The Balaban J connectivity index is 3.02. The molecule has 0 heterocycles. The zero-order valence-electron chi connectivity index (χ0n) is 18.6. The number of rotatable bonds is 12. The molecule has 5 amide bonds. The van der Waals surface area contributed by atoms with Crippen molar-refractivity contribution in [1.82, 2.24) is 20.9 Å². The third-order valence-electron chi connectivity index (χ3n) is 4.29. The van der Waals surface area contributed by atoms with Crippen LogP contribution in [-0.4, -0.2) is 76.6 Å². The summed E-state index contributed by atoms with van der Waals surface area (Å²) in [5.41, 5.74) is 3.76. The summed E-state index contributed by atoms with van der Waals surface area (Å²) in [4.78, 5) is 82.8. The summed E-state index contributed by atoms with van der Waals surface area (Å²) in [7, 11) is 0. The number of nitrogens with two attached hydrogens (primary N) is 1. The van der Waals surface area contributed by atoms with Gasteiger partial charge in [0.2, 0.25) is 23.6 Å². The maximum atomic E-state index is 12.8. The molecule has 6 N–H and O–H groups in total. The van der Waals surface area contributed by atoms with Gasteiger partial charge in [0.05, 0.1) is 36.7 Å². The summed E-state index contributed by atoms with van der Waals surface area (Å²) in [6.45, 7) is 2.34. The predicted octanol–water partition coefficient (Wildman–Crippen LogP) is -2.04. The summed E-state index contributed by atoms with van der Waals surface area (Å²) in [6.07, 6.45) is 0. The standard InChI is InChI=1S/C20H24N6O9/c1-11(2)19(31)25(18(20(32)33)12-5-3-4-6-13(12)26(34)35)17(30)10-24-16(29)9-23-15(28)8-22-14(27)7-21/h3-6,18H,1,7-10,21H2,2H3,(H,22,27)(H,23,28)(H,24,29)(H,32,33)/t18-/m0/s1. The fraction of sp³-hybridized carbons (Fsp3) is 0.300. The van der Waals surface area contributed by atoms with Gasteiger partial charge >= 0.3 is 5.97 Å². The van der Waals surface area contributed by atoms with E-state index in [0.717, 1.165) is 12.1 Å². The SMILES string of the molecule is C=C(C)C(=O)N(C(=O)CNC(=O)CNC(=O)CNC(=O)CN)[C@H](C(=O)O)c1ccccc1[N+](=O)[O-]. The number of nitro groups is 1. The van der Waals surface area contributed by atoms with Gasteiger partial charge in [-0.1, -0.05) is 18.7 Å². The van der Waals surface area contributed by atoms with Gasteiger partial charge in [0.1, 0.15) is 0 Å². The van der Waals surface area contributed by atoms with Gasteiger partial charge in [-0.15, -0.1) is 0 Å². The Morgan fingerprint density at radius 2 is 1.54 bits per heavy atom. The fourth-order valence-corrected chi connectivity index (χ4v) is 2.66. The highest BCUT2D eigenvalue weighted by Crippen LogP contribution is 2.30. The molecule has 15 nitrogen and oxygen atoms in total. The Morgan fingerprint density at radius 1 is 1.03 bits per heavy atom. The Morgan fingerprint density at radius 3 is 2.03 bits per heavy atom. The minimum Gasteiger partial charge on any atom is -0.479 e. The molecule has 0 bridgehead atoms. The number of aliphatic carboxylic acids is 1. The summed E-state index contributed by atoms with van der Waals surface area (Å²) in [5.74, 6) is -6.26. The van der Waals surface area contributed by atoms with Crippen LogP contribution in [0.4, 0.5) is 5.69 Å². The second kappa shape index (κ2) is 13.1. The molecular formula is C20H24N6O9. The van der Waals surface area contributed by atoms with Crippen molar-refractivity contribution in [2.24, 2.45) is 5.73 Å². The molecule has 15 heteroatoms. The van der Waals surface area contributed by atoms with E-state index in [-0.39, 0.29) is 17.0 Å². The highest BCUT2D eigenvalue weighted by atomic mass is 16.6. The van der Waals surface area contributed by atoms with Gasteiger partial charge in [-0.3, -0.25) is 39.0 Å². The quantitative estimate of drug-likeness (QED) is 0.122. The van der Waals surface area contributed by atoms with Crippen molar-refractivity contribution in [1.29, 1.82) is 0 Å². The molecule has 0 unspecified atom stereocenters. The van der Waals surface area contributed by atoms with Crippen LogP contribution in [0.3, 0.4) is 0 Å². The number of para-hydroxylation sites is 1. The largest absolute Gasteiger partial charge is 0.479 e. The van der Waals surface area contributed by atoms with Gasteiger partial charge in [-0.25, -0.2) is 4.79 Å². The number of carbonyl (C=O) groups excluding carboxylic acids is 5. The minimum absolute atomic E-state index is 0.235. The van der Waals surface area contributed by atoms with Crippen LogP contribution in [0.5, 0.6) is 0 Å². The predicted molar refractivity (Wildman–Crippen MR) is 118 cm³/mol. The van der Waals surface area contributed by atoms with Crippen molar-refractivity contribution in [2.75, 3.05) is 26.2 Å². The zero-order chi connectivity index (χ0) is 26.7. The minimum atomic E-state index is -2.09. The first-order valence-electron chi connectivity index (χ1n) is 9.88. The highest BCUT2D eigenvalue weighted by Gasteiger charge is 2.39. The molecule has 1 atom stereocenters. The van der Waals surface area contributed by atoms with Crippen molar-refractivity contribution < 1.29 is 38.8 Å². The number of carboxylic acids is 1. The van der Waals surface area contributed by atoms with Crippen LogP contribution in [0.25, 0.3) is 0 Å². The van der Waals surface area contributed by atoms with Crippen LogP contribution < -0.4 is 21.7 Å². The van der Waals surface area contributed by atoms with Crippen LogP contribution in [0.1, 0.15) is 18.5 Å². The molecule has 0 aliphatic rings. The molecule has 0 aliphatic heterocycles. The summed E-state index contributed by atoms with van der Waals surface area (Å²) in [6, 6.07) is 2.59. The normalized spacial score (nSPS) is 10.9. The lowest BCUT2D eigenvalue weighted by atomic mass is 10.0. The van der Waals surface area contributed by atoms with Crippen molar-refractivity contribution in [2.45, 2.75) is 13.0 Å². The van der Waals surface area contributed by atoms with E-state index in [9.17, 15) is 44.0 Å². The average molecular weight is 492 g/mol. The van der Waals surface area contributed by atoms with E-state index >= 15 is 0 Å². The molecule has 0 saturated heterocycles. The summed E-state index contributed by atoms with van der Waals surface area (Å²) < 4.78 is 0. The molecule has 1 rings (SSSR count). The number of nitrogens with one attached hydrogen (secondary N) is 3. The second-order valence-electron chi connectivity index (χ2n) is 6.94. The number of carbonyl (C=O) groups is 6. The first-order chi connectivity index (χ1) is 16.4. The maximum Gasteiger partial charge on any atom is 0.331 e. The third kappa shape index (κ3) is 8.32. The smallest absolute Gasteiger partial charge is 0.331 e. The molecule has 1 aromatic rings. The molecule has 0 fully saturated rings. The first-order valence-corrected chi connectivity index (χ1v) is 9.88. The molecule has 35 heavy (non-hydrogen) atoms. The number of carboxylic acid groups (broad SMARTS) is 1. The molecule has 0 aliphatic carbocycles. The molecule has 1 aromatic carbocycles. The highest BCUT2D eigenvalue weighted by molar-refractivity contribution is 6.07. The van der Waals surface area contributed by atoms with Gasteiger partial charge in [0.15, 0.2) is 6.04 Å². The second-order valence-corrected chi connectivity index (χ2v) is 6.94. The molecule has 188 valence electrons. The molecular weight excluding hydrogens is 468 g/mol. The lowest BCUT2D eigenvalue weighted by Crippen LogP contribution is -2.49. The number of hydrogen-bond donors (Lipinski definition) is 5. The van der Waals surface area contributed by atoms with Crippen LogP contribution in [0.15, 0.2) is 36.4 Å². The van der Waals surface area contributed by atoms with Crippen LogP contribution in [-0.2, 0) is 28.8 Å². The molecule has 0 saturated carbocycles. The Kier molecular flexibility index (Phi) is 10.7. The summed E-state index contributed by atoms with van der Waals surface area (Å²) in [5, 5.41) is 27.6. The van der Waals surface area contributed by atoms with Gasteiger partial charge in [0, 0.05) is 11.6 Å².